The number of nitrogens with one attached hydrogen (secondary N) is 1. The van der Waals surface area contributed by atoms with Crippen molar-refractivity contribution < 1.29 is 4.79 Å². The maximum Gasteiger partial charge on any atom is 0.270 e. The van der Waals surface area contributed by atoms with E-state index in [-0.39, 0.29) is 5.91 Å². The average molecular weight is 393 g/mol. The van der Waals surface area contributed by atoms with Crippen LogP contribution in [-0.2, 0) is 6.42 Å². The number of aromatic nitrogens is 4. The fraction of sp³-hybridized carbons (Fsp3) is 0.316. The lowest BCUT2D eigenvalue weighted by Crippen LogP contribution is -2.47. The Balaban J connectivity index is 1.50. The van der Waals surface area contributed by atoms with E-state index >= 15 is 0 Å². The molecule has 0 radical (unpaired) electrons. The van der Waals surface area contributed by atoms with Crippen molar-refractivity contribution in [1.29, 1.82) is 0 Å². The van der Waals surface area contributed by atoms with Crippen molar-refractivity contribution in [2.24, 2.45) is 0 Å². The van der Waals surface area contributed by atoms with E-state index in [1.165, 1.54) is 0 Å². The van der Waals surface area contributed by atoms with Gasteiger partial charge >= 0.3 is 0 Å². The van der Waals surface area contributed by atoms with Crippen LogP contribution < -0.4 is 15.1 Å². The van der Waals surface area contributed by atoms with Gasteiger partial charge in [-0.1, -0.05) is 0 Å². The molecule has 28 heavy (non-hydrogen) atoms. The summed E-state index contributed by atoms with van der Waals surface area (Å²) in [5, 5.41) is 5.95. The number of carbonyl (C=O) groups excluding carboxylic acids is 1. The van der Waals surface area contributed by atoms with Crippen LogP contribution in [0.3, 0.4) is 0 Å². The SMILES string of the molecule is O=C1NCCc2c1nc(-c1cccnc1)nc2N1CCN(c2nccs2)CC1. The molecular weight excluding hydrogens is 374 g/mol. The normalized spacial score (nSPS) is 16.6. The van der Waals surface area contributed by atoms with E-state index in [1.54, 1.807) is 23.7 Å². The van der Waals surface area contributed by atoms with E-state index in [9.17, 15) is 4.79 Å². The van der Waals surface area contributed by atoms with Crippen molar-refractivity contribution in [3.8, 4) is 11.4 Å². The van der Waals surface area contributed by atoms with Crippen molar-refractivity contribution in [2.75, 3.05) is 42.5 Å². The fourth-order valence-corrected chi connectivity index (χ4v) is 4.34. The van der Waals surface area contributed by atoms with Gasteiger partial charge in [0.05, 0.1) is 0 Å². The summed E-state index contributed by atoms with van der Waals surface area (Å²) in [7, 11) is 0. The van der Waals surface area contributed by atoms with E-state index in [0.29, 0.717) is 18.1 Å². The number of rotatable bonds is 3. The Morgan fingerprint density at radius 3 is 2.68 bits per heavy atom. The number of pyridine rings is 1. The van der Waals surface area contributed by atoms with Gasteiger partial charge in [0.2, 0.25) is 0 Å². The number of amides is 1. The summed E-state index contributed by atoms with van der Waals surface area (Å²) in [4.78, 5) is 35.0. The molecule has 0 aromatic carbocycles. The summed E-state index contributed by atoms with van der Waals surface area (Å²) in [6.07, 6.45) is 6.03. The van der Waals surface area contributed by atoms with E-state index in [1.807, 2.05) is 23.7 Å². The highest BCUT2D eigenvalue weighted by molar-refractivity contribution is 7.13. The lowest BCUT2D eigenvalue weighted by atomic mass is 10.0. The van der Waals surface area contributed by atoms with Crippen molar-refractivity contribution in [1.82, 2.24) is 25.3 Å². The lowest BCUT2D eigenvalue weighted by molar-refractivity contribution is 0.0940. The third-order valence-corrected chi connectivity index (χ3v) is 5.88. The Hall–Kier alpha value is -3.07. The first-order valence-electron chi connectivity index (χ1n) is 9.28. The third-order valence-electron chi connectivity index (χ3n) is 5.05. The zero-order chi connectivity index (χ0) is 18.9. The van der Waals surface area contributed by atoms with Gasteiger partial charge in [-0.05, 0) is 18.6 Å². The molecule has 0 spiro atoms. The molecule has 1 N–H and O–H groups in total. The van der Waals surface area contributed by atoms with E-state index < -0.39 is 0 Å². The van der Waals surface area contributed by atoms with Crippen LogP contribution >= 0.6 is 11.3 Å². The van der Waals surface area contributed by atoms with Crippen LogP contribution in [-0.4, -0.2) is 58.6 Å². The molecule has 5 heterocycles. The molecule has 5 rings (SSSR count). The second-order valence-corrected chi connectivity index (χ2v) is 7.61. The van der Waals surface area contributed by atoms with Crippen LogP contribution in [0, 0.1) is 0 Å². The smallest absolute Gasteiger partial charge is 0.270 e. The quantitative estimate of drug-likeness (QED) is 0.723. The van der Waals surface area contributed by atoms with Gasteiger partial charge in [0.25, 0.3) is 5.91 Å². The number of fused-ring (bicyclic) bond motifs is 1. The van der Waals surface area contributed by atoms with Crippen molar-refractivity contribution >= 4 is 28.2 Å². The van der Waals surface area contributed by atoms with Gasteiger partial charge in [0.1, 0.15) is 11.5 Å². The molecule has 2 aliphatic rings. The molecule has 2 aliphatic heterocycles. The zero-order valence-electron chi connectivity index (χ0n) is 15.2. The van der Waals surface area contributed by atoms with Crippen LogP contribution in [0.2, 0.25) is 0 Å². The zero-order valence-corrected chi connectivity index (χ0v) is 16.0. The number of nitrogens with zero attached hydrogens (tertiary/aromatic N) is 6. The second-order valence-electron chi connectivity index (χ2n) is 6.73. The molecule has 0 bridgehead atoms. The molecule has 3 aromatic rings. The van der Waals surface area contributed by atoms with Crippen LogP contribution in [0.25, 0.3) is 11.4 Å². The first kappa shape index (κ1) is 17.1. The molecule has 0 unspecified atom stereocenters. The number of hydrogen-bond acceptors (Lipinski definition) is 8. The lowest BCUT2D eigenvalue weighted by Gasteiger charge is -2.36. The monoisotopic (exact) mass is 393 g/mol. The Morgan fingerprint density at radius 1 is 1.07 bits per heavy atom. The predicted octanol–water partition coefficient (Wildman–Crippen LogP) is 1.61. The molecule has 142 valence electrons. The van der Waals surface area contributed by atoms with E-state index in [2.05, 4.69) is 30.1 Å². The Kier molecular flexibility index (Phi) is 4.36. The number of anilines is 2. The summed E-state index contributed by atoms with van der Waals surface area (Å²) in [6, 6.07) is 3.77. The first-order valence-corrected chi connectivity index (χ1v) is 10.2. The van der Waals surface area contributed by atoms with Gasteiger partial charge in [-0.25, -0.2) is 15.0 Å². The van der Waals surface area contributed by atoms with Gasteiger partial charge in [-0.2, -0.15) is 0 Å². The molecule has 1 saturated heterocycles. The van der Waals surface area contributed by atoms with E-state index in [0.717, 1.165) is 54.7 Å². The van der Waals surface area contributed by atoms with Crippen LogP contribution in [0.15, 0.2) is 36.1 Å². The van der Waals surface area contributed by atoms with Crippen molar-refractivity contribution in [3.63, 3.8) is 0 Å². The highest BCUT2D eigenvalue weighted by Crippen LogP contribution is 2.29. The van der Waals surface area contributed by atoms with E-state index in [4.69, 9.17) is 4.98 Å². The molecule has 3 aromatic heterocycles. The second kappa shape index (κ2) is 7.16. The van der Waals surface area contributed by atoms with Gasteiger partial charge in [-0.15, -0.1) is 11.3 Å². The largest absolute Gasteiger partial charge is 0.353 e. The standard InChI is InChI=1S/C19H19N7OS/c27-18-15-14(3-5-21-18)17(24-16(23-15)13-2-1-4-20-12-13)25-7-9-26(10-8-25)19-22-6-11-28-19/h1-2,4,6,11-12H,3,5,7-10H2,(H,21,27). The van der Waals surface area contributed by atoms with Crippen LogP contribution in [0.1, 0.15) is 16.1 Å². The maximum absolute atomic E-state index is 12.5. The number of thiazole rings is 1. The van der Waals surface area contributed by atoms with Gasteiger partial charge in [-0.3, -0.25) is 9.78 Å². The summed E-state index contributed by atoms with van der Waals surface area (Å²) in [5.41, 5.74) is 2.24. The van der Waals surface area contributed by atoms with Crippen LogP contribution in [0.5, 0.6) is 0 Å². The minimum Gasteiger partial charge on any atom is -0.353 e. The highest BCUT2D eigenvalue weighted by Gasteiger charge is 2.28. The van der Waals surface area contributed by atoms with Gasteiger partial charge < -0.3 is 15.1 Å². The molecule has 8 nitrogen and oxygen atoms in total. The Labute approximate surface area is 166 Å². The molecular formula is C19H19N7OS. The van der Waals surface area contributed by atoms with Gasteiger partial charge in [0, 0.05) is 67.8 Å². The summed E-state index contributed by atoms with van der Waals surface area (Å²) in [5.74, 6) is 1.29. The third kappa shape index (κ3) is 3.07. The number of hydrogen-bond donors (Lipinski definition) is 1. The fourth-order valence-electron chi connectivity index (χ4n) is 3.64. The molecule has 9 heteroatoms. The molecule has 1 amide bonds. The molecule has 0 atom stereocenters. The predicted molar refractivity (Wildman–Crippen MR) is 108 cm³/mol. The molecule has 0 aliphatic carbocycles. The minimum atomic E-state index is -0.128. The highest BCUT2D eigenvalue weighted by atomic mass is 32.1. The Morgan fingerprint density at radius 2 is 1.93 bits per heavy atom. The number of carbonyl (C=O) groups is 1. The average Bonchev–Trinajstić information content (AvgIpc) is 3.29. The summed E-state index contributed by atoms with van der Waals surface area (Å²) < 4.78 is 0. The Bertz CT molecular complexity index is 985. The maximum atomic E-state index is 12.5. The number of piperazine rings is 1. The van der Waals surface area contributed by atoms with Gasteiger partial charge in [0.15, 0.2) is 11.0 Å². The summed E-state index contributed by atoms with van der Waals surface area (Å²) >= 11 is 1.66. The first-order chi connectivity index (χ1) is 13.8. The van der Waals surface area contributed by atoms with Crippen molar-refractivity contribution in [3.05, 3.63) is 47.4 Å². The van der Waals surface area contributed by atoms with Crippen molar-refractivity contribution in [2.45, 2.75) is 6.42 Å². The minimum absolute atomic E-state index is 0.128. The topological polar surface area (TPSA) is 87.1 Å². The van der Waals surface area contributed by atoms with Crippen LogP contribution in [0.4, 0.5) is 10.9 Å². The molecule has 0 saturated carbocycles. The molecule has 1 fully saturated rings. The summed E-state index contributed by atoms with van der Waals surface area (Å²) in [6.45, 7) is 4.03.